The lowest BCUT2D eigenvalue weighted by molar-refractivity contribution is -0.385. The van der Waals surface area contributed by atoms with Gasteiger partial charge in [-0.1, -0.05) is 6.07 Å². The maximum Gasteiger partial charge on any atom is 0.273 e. The summed E-state index contributed by atoms with van der Waals surface area (Å²) in [7, 11) is 0. The van der Waals surface area contributed by atoms with E-state index in [1.165, 1.54) is 12.1 Å². The Morgan fingerprint density at radius 1 is 1.47 bits per heavy atom. The van der Waals surface area contributed by atoms with Gasteiger partial charge in [-0.25, -0.2) is 0 Å². The first kappa shape index (κ1) is 11.5. The number of nitro benzene ring substituents is 1. The van der Waals surface area contributed by atoms with Crippen molar-refractivity contribution in [3.05, 3.63) is 34.4 Å². The number of aliphatic hydroxyl groups is 1. The van der Waals surface area contributed by atoms with E-state index >= 15 is 0 Å². The molecule has 2 atom stereocenters. The molecular formula is C10H13NO4. The fraction of sp³-hybridized carbons (Fsp3) is 0.400. The first-order valence-corrected chi connectivity index (χ1v) is 4.60. The lowest BCUT2D eigenvalue weighted by atomic mass is 10.2. The van der Waals surface area contributed by atoms with E-state index in [-0.39, 0.29) is 5.69 Å². The van der Waals surface area contributed by atoms with Crippen molar-refractivity contribution in [1.29, 1.82) is 0 Å². The first-order valence-electron chi connectivity index (χ1n) is 4.60. The number of aliphatic hydroxyl groups excluding tert-OH is 1. The van der Waals surface area contributed by atoms with Crippen LogP contribution in [-0.2, 0) is 0 Å². The zero-order valence-electron chi connectivity index (χ0n) is 8.58. The van der Waals surface area contributed by atoms with Crippen LogP contribution in [0.3, 0.4) is 0 Å². The van der Waals surface area contributed by atoms with Crippen LogP contribution in [0.2, 0.25) is 0 Å². The molecule has 1 rings (SSSR count). The molecule has 15 heavy (non-hydrogen) atoms. The van der Waals surface area contributed by atoms with Gasteiger partial charge in [0.05, 0.1) is 17.1 Å². The van der Waals surface area contributed by atoms with Crippen LogP contribution >= 0.6 is 0 Å². The topological polar surface area (TPSA) is 72.6 Å². The molecule has 1 N–H and O–H groups in total. The molecule has 0 saturated carbocycles. The Labute approximate surface area is 87.5 Å². The highest BCUT2D eigenvalue weighted by Crippen LogP contribution is 2.20. The van der Waals surface area contributed by atoms with Gasteiger partial charge in [0.2, 0.25) is 0 Å². The van der Waals surface area contributed by atoms with Crippen molar-refractivity contribution in [3.63, 3.8) is 0 Å². The van der Waals surface area contributed by atoms with Gasteiger partial charge in [-0.15, -0.1) is 0 Å². The summed E-state index contributed by atoms with van der Waals surface area (Å²) < 4.78 is 5.31. The lowest BCUT2D eigenvalue weighted by Gasteiger charge is -2.16. The Morgan fingerprint density at radius 3 is 2.67 bits per heavy atom. The summed E-state index contributed by atoms with van der Waals surface area (Å²) >= 11 is 0. The predicted molar refractivity (Wildman–Crippen MR) is 54.9 cm³/mol. The molecule has 0 bridgehead atoms. The highest BCUT2D eigenvalue weighted by atomic mass is 16.6. The molecule has 0 radical (unpaired) electrons. The van der Waals surface area contributed by atoms with Gasteiger partial charge in [0, 0.05) is 6.07 Å². The second kappa shape index (κ2) is 4.75. The average Bonchev–Trinajstić information content (AvgIpc) is 2.18. The number of hydrogen-bond donors (Lipinski definition) is 1. The predicted octanol–water partition coefficient (Wildman–Crippen LogP) is 1.74. The number of non-ortho nitro benzene ring substituents is 1. The Balaban J connectivity index is 2.78. The minimum atomic E-state index is -0.621. The molecule has 82 valence electrons. The maximum atomic E-state index is 10.5. The van der Waals surface area contributed by atoms with Crippen molar-refractivity contribution < 1.29 is 14.8 Å². The first-order chi connectivity index (χ1) is 7.00. The average molecular weight is 211 g/mol. The summed E-state index contributed by atoms with van der Waals surface area (Å²) in [5.74, 6) is 0.387. The second-order valence-corrected chi connectivity index (χ2v) is 3.32. The van der Waals surface area contributed by atoms with Gasteiger partial charge in [-0.2, -0.15) is 0 Å². The minimum Gasteiger partial charge on any atom is -0.488 e. The molecule has 0 aliphatic rings. The van der Waals surface area contributed by atoms with E-state index < -0.39 is 17.1 Å². The van der Waals surface area contributed by atoms with E-state index in [9.17, 15) is 15.2 Å². The third-order valence-corrected chi connectivity index (χ3v) is 2.03. The number of benzene rings is 1. The van der Waals surface area contributed by atoms with Crippen molar-refractivity contribution >= 4 is 5.69 Å². The number of ether oxygens (including phenoxy) is 1. The van der Waals surface area contributed by atoms with Crippen molar-refractivity contribution in [1.82, 2.24) is 0 Å². The fourth-order valence-electron chi connectivity index (χ4n) is 0.984. The molecule has 0 heterocycles. The standard InChI is InChI=1S/C10H13NO4/c1-7(12)8(2)15-10-5-3-4-9(6-10)11(13)14/h3-8,12H,1-2H3. The van der Waals surface area contributed by atoms with E-state index in [4.69, 9.17) is 4.74 Å². The highest BCUT2D eigenvalue weighted by Gasteiger charge is 2.12. The van der Waals surface area contributed by atoms with Crippen LogP contribution in [0.25, 0.3) is 0 Å². The summed E-state index contributed by atoms with van der Waals surface area (Å²) in [6, 6.07) is 5.88. The molecule has 0 aromatic heterocycles. The largest absolute Gasteiger partial charge is 0.488 e. The van der Waals surface area contributed by atoms with E-state index in [2.05, 4.69) is 0 Å². The lowest BCUT2D eigenvalue weighted by Crippen LogP contribution is -2.25. The molecule has 0 aliphatic carbocycles. The van der Waals surface area contributed by atoms with Gasteiger partial charge in [0.15, 0.2) is 0 Å². The second-order valence-electron chi connectivity index (χ2n) is 3.32. The zero-order valence-corrected chi connectivity index (χ0v) is 8.58. The van der Waals surface area contributed by atoms with Gasteiger partial charge in [0.25, 0.3) is 5.69 Å². The summed E-state index contributed by atoms with van der Waals surface area (Å²) in [5, 5.41) is 19.7. The third-order valence-electron chi connectivity index (χ3n) is 2.03. The van der Waals surface area contributed by atoms with Crippen molar-refractivity contribution in [2.75, 3.05) is 0 Å². The van der Waals surface area contributed by atoms with Gasteiger partial charge in [-0.05, 0) is 19.9 Å². The Kier molecular flexibility index (Phi) is 3.62. The smallest absolute Gasteiger partial charge is 0.273 e. The molecular weight excluding hydrogens is 198 g/mol. The molecule has 5 heteroatoms. The minimum absolute atomic E-state index is 0.0229. The number of nitrogens with zero attached hydrogens (tertiary/aromatic N) is 1. The monoisotopic (exact) mass is 211 g/mol. The number of nitro groups is 1. The molecule has 5 nitrogen and oxygen atoms in total. The molecule has 1 aromatic carbocycles. The summed E-state index contributed by atoms with van der Waals surface area (Å²) in [6.07, 6.45) is -1.02. The van der Waals surface area contributed by atoms with Crippen LogP contribution in [0.4, 0.5) is 5.69 Å². The molecule has 0 amide bonds. The van der Waals surface area contributed by atoms with Gasteiger partial charge in [-0.3, -0.25) is 10.1 Å². The van der Waals surface area contributed by atoms with Crippen LogP contribution in [0.5, 0.6) is 5.75 Å². The van der Waals surface area contributed by atoms with Crippen LogP contribution in [0.1, 0.15) is 13.8 Å². The molecule has 2 unspecified atom stereocenters. The molecule has 0 fully saturated rings. The number of rotatable bonds is 4. The summed E-state index contributed by atoms with van der Waals surface area (Å²) in [6.45, 7) is 3.30. The van der Waals surface area contributed by atoms with Crippen LogP contribution in [-0.4, -0.2) is 22.2 Å². The van der Waals surface area contributed by atoms with Crippen LogP contribution in [0, 0.1) is 10.1 Å². The SMILES string of the molecule is CC(O)C(C)Oc1cccc([N+](=O)[O-])c1. The molecule has 0 aliphatic heterocycles. The van der Waals surface area contributed by atoms with Crippen LogP contribution < -0.4 is 4.74 Å². The van der Waals surface area contributed by atoms with Crippen molar-refractivity contribution in [2.24, 2.45) is 0 Å². The number of hydrogen-bond acceptors (Lipinski definition) is 4. The van der Waals surface area contributed by atoms with Crippen molar-refractivity contribution in [2.45, 2.75) is 26.1 Å². The highest BCUT2D eigenvalue weighted by molar-refractivity contribution is 5.38. The normalized spacial score (nSPS) is 14.3. The maximum absolute atomic E-state index is 10.5. The molecule has 0 spiro atoms. The van der Waals surface area contributed by atoms with E-state index in [0.717, 1.165) is 0 Å². The van der Waals surface area contributed by atoms with Gasteiger partial charge in [0.1, 0.15) is 11.9 Å². The van der Waals surface area contributed by atoms with Crippen LogP contribution in [0.15, 0.2) is 24.3 Å². The van der Waals surface area contributed by atoms with Crippen molar-refractivity contribution in [3.8, 4) is 5.75 Å². The summed E-state index contributed by atoms with van der Waals surface area (Å²) in [4.78, 5) is 9.99. The zero-order chi connectivity index (χ0) is 11.4. The van der Waals surface area contributed by atoms with E-state index in [1.807, 2.05) is 0 Å². The van der Waals surface area contributed by atoms with Gasteiger partial charge < -0.3 is 9.84 Å². The quantitative estimate of drug-likeness (QED) is 0.608. The van der Waals surface area contributed by atoms with E-state index in [0.29, 0.717) is 5.75 Å². The Bertz CT molecular complexity index is 351. The van der Waals surface area contributed by atoms with Gasteiger partial charge >= 0.3 is 0 Å². The molecule has 1 aromatic rings. The summed E-state index contributed by atoms with van der Waals surface area (Å²) in [5.41, 5.74) is -0.0229. The Hall–Kier alpha value is -1.62. The fourth-order valence-corrected chi connectivity index (χ4v) is 0.984. The molecule has 0 saturated heterocycles. The van der Waals surface area contributed by atoms with E-state index in [1.54, 1.807) is 26.0 Å². The third kappa shape index (κ3) is 3.21. The Morgan fingerprint density at radius 2 is 2.13 bits per heavy atom.